The smallest absolute Gasteiger partial charge is 0.304 e. The van der Waals surface area contributed by atoms with E-state index in [1.807, 2.05) is 14.0 Å². The van der Waals surface area contributed by atoms with E-state index in [2.05, 4.69) is 4.90 Å². The van der Waals surface area contributed by atoms with E-state index >= 15 is 0 Å². The molecular weight excluding hydrogens is 206 g/mol. The number of rotatable bonds is 6. The SMILES string of the molecule is CCC(CC(=O)O)N(C)CC1CCOCC1. The zero-order valence-electron chi connectivity index (χ0n) is 10.3. The molecule has 16 heavy (non-hydrogen) atoms. The van der Waals surface area contributed by atoms with Gasteiger partial charge in [-0.25, -0.2) is 0 Å². The highest BCUT2D eigenvalue weighted by Crippen LogP contribution is 2.18. The van der Waals surface area contributed by atoms with Crippen LogP contribution in [0, 0.1) is 5.92 Å². The number of nitrogens with zero attached hydrogens (tertiary/aromatic N) is 1. The molecule has 0 aromatic rings. The molecule has 0 aliphatic carbocycles. The third-order valence-electron chi connectivity index (χ3n) is 3.39. The Bertz CT molecular complexity index is 214. The standard InChI is InChI=1S/C12H23NO3/c1-3-11(8-12(14)15)13(2)9-10-4-6-16-7-5-10/h10-11H,3-9H2,1-2H3,(H,14,15). The summed E-state index contributed by atoms with van der Waals surface area (Å²) >= 11 is 0. The van der Waals surface area contributed by atoms with E-state index in [9.17, 15) is 4.79 Å². The van der Waals surface area contributed by atoms with Crippen LogP contribution in [0.5, 0.6) is 0 Å². The average molecular weight is 229 g/mol. The van der Waals surface area contributed by atoms with Crippen LogP contribution in [0.2, 0.25) is 0 Å². The van der Waals surface area contributed by atoms with Crippen LogP contribution in [0.3, 0.4) is 0 Å². The minimum atomic E-state index is -0.703. The van der Waals surface area contributed by atoms with Crippen molar-refractivity contribution >= 4 is 5.97 Å². The molecule has 1 N–H and O–H groups in total. The Morgan fingerprint density at radius 2 is 2.12 bits per heavy atom. The van der Waals surface area contributed by atoms with Gasteiger partial charge < -0.3 is 14.7 Å². The van der Waals surface area contributed by atoms with Crippen LogP contribution in [0.4, 0.5) is 0 Å². The van der Waals surface area contributed by atoms with E-state index < -0.39 is 5.97 Å². The fourth-order valence-electron chi connectivity index (χ4n) is 2.30. The van der Waals surface area contributed by atoms with Crippen LogP contribution < -0.4 is 0 Å². The zero-order valence-corrected chi connectivity index (χ0v) is 10.3. The maximum Gasteiger partial charge on any atom is 0.304 e. The van der Waals surface area contributed by atoms with E-state index in [4.69, 9.17) is 9.84 Å². The second-order valence-corrected chi connectivity index (χ2v) is 4.66. The third-order valence-corrected chi connectivity index (χ3v) is 3.39. The minimum absolute atomic E-state index is 0.167. The Balaban J connectivity index is 2.35. The lowest BCUT2D eigenvalue weighted by Crippen LogP contribution is -2.38. The van der Waals surface area contributed by atoms with Crippen molar-refractivity contribution in [1.29, 1.82) is 0 Å². The van der Waals surface area contributed by atoms with Gasteiger partial charge in [-0.05, 0) is 32.2 Å². The first-order valence-corrected chi connectivity index (χ1v) is 6.13. The van der Waals surface area contributed by atoms with E-state index in [-0.39, 0.29) is 12.5 Å². The molecule has 1 atom stereocenters. The monoisotopic (exact) mass is 229 g/mol. The first-order valence-electron chi connectivity index (χ1n) is 6.13. The van der Waals surface area contributed by atoms with Crippen LogP contribution in [-0.2, 0) is 9.53 Å². The maximum absolute atomic E-state index is 10.7. The highest BCUT2D eigenvalue weighted by atomic mass is 16.5. The summed E-state index contributed by atoms with van der Waals surface area (Å²) < 4.78 is 5.32. The molecule has 1 saturated heterocycles. The molecule has 0 aromatic heterocycles. The van der Waals surface area contributed by atoms with Gasteiger partial charge in [-0.3, -0.25) is 4.79 Å². The van der Waals surface area contributed by atoms with Crippen LogP contribution >= 0.6 is 0 Å². The van der Waals surface area contributed by atoms with Crippen molar-refractivity contribution in [3.05, 3.63) is 0 Å². The molecule has 4 heteroatoms. The first kappa shape index (κ1) is 13.5. The lowest BCUT2D eigenvalue weighted by atomic mass is 9.98. The molecule has 1 aliphatic rings. The topological polar surface area (TPSA) is 49.8 Å². The van der Waals surface area contributed by atoms with Crippen molar-refractivity contribution in [2.24, 2.45) is 5.92 Å². The fraction of sp³-hybridized carbons (Fsp3) is 0.917. The summed E-state index contributed by atoms with van der Waals surface area (Å²) in [6.45, 7) is 4.76. The Morgan fingerprint density at radius 3 is 2.62 bits per heavy atom. The van der Waals surface area contributed by atoms with Crippen molar-refractivity contribution < 1.29 is 14.6 Å². The van der Waals surface area contributed by atoms with Crippen molar-refractivity contribution in [1.82, 2.24) is 4.90 Å². The summed E-state index contributed by atoms with van der Waals surface area (Å²) in [5.74, 6) is -0.0349. The number of carboxylic acids is 1. The Hall–Kier alpha value is -0.610. The highest BCUT2D eigenvalue weighted by Gasteiger charge is 2.21. The van der Waals surface area contributed by atoms with E-state index in [1.165, 1.54) is 0 Å². The van der Waals surface area contributed by atoms with Gasteiger partial charge in [0.25, 0.3) is 0 Å². The molecule has 4 nitrogen and oxygen atoms in total. The Labute approximate surface area is 97.6 Å². The number of hydrogen-bond donors (Lipinski definition) is 1. The number of carboxylic acid groups (broad SMARTS) is 1. The number of carbonyl (C=O) groups is 1. The molecule has 1 heterocycles. The molecule has 1 aliphatic heterocycles. The third kappa shape index (κ3) is 4.49. The van der Waals surface area contributed by atoms with Crippen molar-refractivity contribution in [3.8, 4) is 0 Å². The van der Waals surface area contributed by atoms with Crippen LogP contribution in [0.1, 0.15) is 32.6 Å². The molecule has 1 unspecified atom stereocenters. The molecule has 94 valence electrons. The lowest BCUT2D eigenvalue weighted by molar-refractivity contribution is -0.138. The number of hydrogen-bond acceptors (Lipinski definition) is 3. The van der Waals surface area contributed by atoms with E-state index in [0.717, 1.165) is 39.0 Å². The summed E-state index contributed by atoms with van der Waals surface area (Å²) in [4.78, 5) is 12.9. The van der Waals surface area contributed by atoms with Gasteiger partial charge in [0.1, 0.15) is 0 Å². The molecule has 0 spiro atoms. The normalized spacial score (nSPS) is 19.9. The molecule has 0 saturated carbocycles. The largest absolute Gasteiger partial charge is 0.481 e. The summed E-state index contributed by atoms with van der Waals surface area (Å²) in [7, 11) is 2.03. The van der Waals surface area contributed by atoms with Crippen LogP contribution in [0.25, 0.3) is 0 Å². The van der Waals surface area contributed by atoms with Crippen molar-refractivity contribution in [2.45, 2.75) is 38.6 Å². The summed E-state index contributed by atoms with van der Waals surface area (Å²) in [5, 5.41) is 8.82. The van der Waals surface area contributed by atoms with Crippen molar-refractivity contribution in [3.63, 3.8) is 0 Å². The van der Waals surface area contributed by atoms with Gasteiger partial charge >= 0.3 is 5.97 Å². The highest BCUT2D eigenvalue weighted by molar-refractivity contribution is 5.67. The minimum Gasteiger partial charge on any atom is -0.481 e. The predicted molar refractivity (Wildman–Crippen MR) is 62.5 cm³/mol. The van der Waals surface area contributed by atoms with Gasteiger partial charge in [0.05, 0.1) is 6.42 Å². The van der Waals surface area contributed by atoms with Crippen LogP contribution in [-0.4, -0.2) is 48.8 Å². The fourth-order valence-corrected chi connectivity index (χ4v) is 2.30. The van der Waals surface area contributed by atoms with E-state index in [1.54, 1.807) is 0 Å². The van der Waals surface area contributed by atoms with Crippen molar-refractivity contribution in [2.75, 3.05) is 26.8 Å². The van der Waals surface area contributed by atoms with Gasteiger partial charge in [-0.2, -0.15) is 0 Å². The second-order valence-electron chi connectivity index (χ2n) is 4.66. The number of ether oxygens (including phenoxy) is 1. The molecule has 1 fully saturated rings. The molecule has 0 radical (unpaired) electrons. The quantitative estimate of drug-likeness (QED) is 0.751. The van der Waals surface area contributed by atoms with Gasteiger partial charge in [0.15, 0.2) is 0 Å². The zero-order chi connectivity index (χ0) is 12.0. The molecule has 1 rings (SSSR count). The lowest BCUT2D eigenvalue weighted by Gasteiger charge is -2.31. The molecule has 0 aromatic carbocycles. The Kier molecular flexibility index (Phi) is 5.77. The summed E-state index contributed by atoms with van der Waals surface area (Å²) in [6.07, 6.45) is 3.35. The summed E-state index contributed by atoms with van der Waals surface area (Å²) in [6, 6.07) is 0.167. The van der Waals surface area contributed by atoms with Gasteiger partial charge in [0, 0.05) is 25.8 Å². The second kappa shape index (κ2) is 6.86. The Morgan fingerprint density at radius 1 is 1.50 bits per heavy atom. The molecule has 0 amide bonds. The number of aliphatic carboxylic acids is 1. The molecule has 0 bridgehead atoms. The maximum atomic E-state index is 10.7. The van der Waals surface area contributed by atoms with Gasteiger partial charge in [-0.15, -0.1) is 0 Å². The van der Waals surface area contributed by atoms with E-state index in [0.29, 0.717) is 5.92 Å². The first-order chi connectivity index (χ1) is 7.63. The van der Waals surface area contributed by atoms with Gasteiger partial charge in [-0.1, -0.05) is 6.92 Å². The average Bonchev–Trinajstić information content (AvgIpc) is 2.26. The molecular formula is C12H23NO3. The summed E-state index contributed by atoms with van der Waals surface area (Å²) in [5.41, 5.74) is 0. The van der Waals surface area contributed by atoms with Gasteiger partial charge in [0.2, 0.25) is 0 Å². The predicted octanol–water partition coefficient (Wildman–Crippen LogP) is 1.60. The van der Waals surface area contributed by atoms with Crippen LogP contribution in [0.15, 0.2) is 0 Å².